The molecule has 1 N–H and O–H groups in total. The topological polar surface area (TPSA) is 29.1 Å². The van der Waals surface area contributed by atoms with Gasteiger partial charge in [-0.1, -0.05) is 29.8 Å². The lowest BCUT2D eigenvalue weighted by Gasteiger charge is -2.26. The van der Waals surface area contributed by atoms with Crippen LogP contribution in [0.3, 0.4) is 0 Å². The number of thioether (sulfide) groups is 1. The molecule has 4 heteroatoms. The van der Waals surface area contributed by atoms with Crippen LogP contribution in [0.4, 0.5) is 0 Å². The van der Waals surface area contributed by atoms with Gasteiger partial charge in [-0.2, -0.15) is 0 Å². The first kappa shape index (κ1) is 13.4. The molecule has 15 heavy (non-hydrogen) atoms. The standard InChI is InChI=1S/C11H20BrNOS/c1-10(2,7-12)8-13-9(14)11(3)5-4-6-15-11/h4-8H2,1-3H3,(H,13,14). The van der Waals surface area contributed by atoms with Crippen molar-refractivity contribution in [2.24, 2.45) is 5.41 Å². The summed E-state index contributed by atoms with van der Waals surface area (Å²) in [4.78, 5) is 12.0. The van der Waals surface area contributed by atoms with Crippen molar-refractivity contribution in [1.29, 1.82) is 0 Å². The van der Waals surface area contributed by atoms with Gasteiger partial charge in [0.2, 0.25) is 5.91 Å². The fourth-order valence-corrected chi connectivity index (χ4v) is 2.94. The van der Waals surface area contributed by atoms with E-state index in [1.807, 2.05) is 0 Å². The smallest absolute Gasteiger partial charge is 0.235 e. The minimum atomic E-state index is -0.178. The van der Waals surface area contributed by atoms with Crippen molar-refractivity contribution in [1.82, 2.24) is 5.32 Å². The molecular weight excluding hydrogens is 274 g/mol. The van der Waals surface area contributed by atoms with Gasteiger partial charge in [-0.3, -0.25) is 4.79 Å². The van der Waals surface area contributed by atoms with E-state index in [1.165, 1.54) is 0 Å². The number of nitrogens with one attached hydrogen (secondary N) is 1. The number of amides is 1. The van der Waals surface area contributed by atoms with E-state index in [1.54, 1.807) is 11.8 Å². The van der Waals surface area contributed by atoms with Gasteiger partial charge in [0.15, 0.2) is 0 Å². The Morgan fingerprint density at radius 2 is 2.27 bits per heavy atom. The van der Waals surface area contributed by atoms with E-state index < -0.39 is 0 Å². The molecule has 0 aromatic heterocycles. The molecule has 0 bridgehead atoms. The van der Waals surface area contributed by atoms with Gasteiger partial charge in [0.1, 0.15) is 0 Å². The molecule has 88 valence electrons. The molecule has 1 aliphatic rings. The number of alkyl halides is 1. The van der Waals surface area contributed by atoms with E-state index in [4.69, 9.17) is 0 Å². The summed E-state index contributed by atoms with van der Waals surface area (Å²) in [5.74, 6) is 1.32. The molecule has 1 aliphatic heterocycles. The van der Waals surface area contributed by atoms with E-state index in [0.29, 0.717) is 0 Å². The summed E-state index contributed by atoms with van der Waals surface area (Å²) in [7, 11) is 0. The molecule has 1 atom stereocenters. The molecule has 0 aromatic rings. The van der Waals surface area contributed by atoms with Gasteiger partial charge in [-0.15, -0.1) is 11.8 Å². The van der Waals surface area contributed by atoms with Gasteiger partial charge in [0.25, 0.3) is 0 Å². The number of carbonyl (C=O) groups excluding carboxylic acids is 1. The quantitative estimate of drug-likeness (QED) is 0.808. The van der Waals surface area contributed by atoms with Crippen LogP contribution in [-0.2, 0) is 4.79 Å². The lowest BCUT2D eigenvalue weighted by molar-refractivity contribution is -0.123. The van der Waals surface area contributed by atoms with Crippen LogP contribution < -0.4 is 5.32 Å². The molecule has 1 rings (SSSR count). The maximum absolute atomic E-state index is 12.0. The number of carbonyl (C=O) groups is 1. The van der Waals surface area contributed by atoms with Gasteiger partial charge in [0.05, 0.1) is 4.75 Å². The molecule has 0 radical (unpaired) electrons. The maximum Gasteiger partial charge on any atom is 0.235 e. The Labute approximate surface area is 105 Å². The van der Waals surface area contributed by atoms with E-state index in [-0.39, 0.29) is 16.1 Å². The predicted octanol–water partition coefficient (Wildman–Crippen LogP) is 2.81. The van der Waals surface area contributed by atoms with Crippen molar-refractivity contribution in [3.8, 4) is 0 Å². The second-order valence-corrected chi connectivity index (χ2v) is 7.32. The molecule has 0 aromatic carbocycles. The molecule has 1 fully saturated rings. The van der Waals surface area contributed by atoms with Gasteiger partial charge in [-0.25, -0.2) is 0 Å². The zero-order valence-corrected chi connectivity index (χ0v) is 12.1. The third kappa shape index (κ3) is 3.66. The van der Waals surface area contributed by atoms with Crippen LogP contribution in [0.15, 0.2) is 0 Å². The Bertz CT molecular complexity index is 237. The largest absolute Gasteiger partial charge is 0.354 e. The average molecular weight is 294 g/mol. The first-order chi connectivity index (χ1) is 6.90. The molecule has 1 amide bonds. The molecule has 2 nitrogen and oxygen atoms in total. The molecular formula is C11H20BrNOS. The maximum atomic E-state index is 12.0. The Morgan fingerprint density at radius 3 is 2.73 bits per heavy atom. The van der Waals surface area contributed by atoms with Gasteiger partial charge in [0, 0.05) is 11.9 Å². The van der Waals surface area contributed by atoms with Crippen LogP contribution in [0, 0.1) is 5.41 Å². The van der Waals surface area contributed by atoms with Crippen molar-refractivity contribution in [3.05, 3.63) is 0 Å². The summed E-state index contributed by atoms with van der Waals surface area (Å²) in [6.45, 7) is 7.09. The zero-order valence-electron chi connectivity index (χ0n) is 9.73. The normalized spacial score (nSPS) is 26.7. The lowest BCUT2D eigenvalue weighted by Crippen LogP contribution is -2.44. The van der Waals surface area contributed by atoms with E-state index in [0.717, 1.165) is 30.5 Å². The van der Waals surface area contributed by atoms with Crippen LogP contribution in [0.2, 0.25) is 0 Å². The summed E-state index contributed by atoms with van der Waals surface area (Å²) in [5.41, 5.74) is 0.134. The number of hydrogen-bond acceptors (Lipinski definition) is 2. The minimum absolute atomic E-state index is 0.134. The van der Waals surface area contributed by atoms with Gasteiger partial charge >= 0.3 is 0 Å². The molecule has 0 spiro atoms. The molecule has 1 unspecified atom stereocenters. The first-order valence-electron chi connectivity index (χ1n) is 5.38. The van der Waals surface area contributed by atoms with Crippen molar-refractivity contribution in [2.45, 2.75) is 38.4 Å². The highest BCUT2D eigenvalue weighted by molar-refractivity contribution is 9.09. The van der Waals surface area contributed by atoms with Gasteiger partial charge in [-0.05, 0) is 30.9 Å². The average Bonchev–Trinajstić information content (AvgIpc) is 2.63. The monoisotopic (exact) mass is 293 g/mol. The molecule has 0 saturated carbocycles. The summed E-state index contributed by atoms with van der Waals surface area (Å²) in [6.07, 6.45) is 2.18. The Morgan fingerprint density at radius 1 is 1.60 bits per heavy atom. The predicted molar refractivity (Wildman–Crippen MR) is 70.7 cm³/mol. The number of rotatable bonds is 4. The van der Waals surface area contributed by atoms with Gasteiger partial charge < -0.3 is 5.32 Å². The minimum Gasteiger partial charge on any atom is -0.354 e. The Hall–Kier alpha value is 0.300. The number of halogens is 1. The third-order valence-electron chi connectivity index (χ3n) is 2.79. The Kier molecular flexibility index (Phi) is 4.53. The molecule has 0 aliphatic carbocycles. The van der Waals surface area contributed by atoms with Crippen molar-refractivity contribution < 1.29 is 4.79 Å². The highest BCUT2D eigenvalue weighted by Crippen LogP contribution is 2.37. The van der Waals surface area contributed by atoms with Crippen LogP contribution in [0.5, 0.6) is 0 Å². The highest BCUT2D eigenvalue weighted by atomic mass is 79.9. The van der Waals surface area contributed by atoms with Crippen molar-refractivity contribution in [3.63, 3.8) is 0 Å². The second-order valence-electron chi connectivity index (χ2n) is 5.16. The van der Waals surface area contributed by atoms with Crippen molar-refractivity contribution in [2.75, 3.05) is 17.6 Å². The third-order valence-corrected chi connectivity index (χ3v) is 5.83. The Balaban J connectivity index is 2.42. The fraction of sp³-hybridized carbons (Fsp3) is 0.909. The van der Waals surface area contributed by atoms with Crippen LogP contribution >= 0.6 is 27.7 Å². The fourth-order valence-electron chi connectivity index (χ4n) is 1.51. The van der Waals surface area contributed by atoms with E-state index in [9.17, 15) is 4.79 Å². The van der Waals surface area contributed by atoms with Crippen LogP contribution in [-0.4, -0.2) is 28.3 Å². The van der Waals surface area contributed by atoms with Crippen molar-refractivity contribution >= 4 is 33.6 Å². The lowest BCUT2D eigenvalue weighted by atomic mass is 9.96. The zero-order chi connectivity index (χ0) is 11.5. The summed E-state index contributed by atoms with van der Waals surface area (Å²) < 4.78 is -0.178. The first-order valence-corrected chi connectivity index (χ1v) is 7.49. The van der Waals surface area contributed by atoms with Crippen LogP contribution in [0.25, 0.3) is 0 Å². The number of hydrogen-bond donors (Lipinski definition) is 1. The van der Waals surface area contributed by atoms with E-state index in [2.05, 4.69) is 42.0 Å². The highest BCUT2D eigenvalue weighted by Gasteiger charge is 2.37. The molecule has 1 heterocycles. The molecule has 1 saturated heterocycles. The summed E-state index contributed by atoms with van der Waals surface area (Å²) in [6, 6.07) is 0. The second kappa shape index (κ2) is 5.09. The van der Waals surface area contributed by atoms with E-state index >= 15 is 0 Å². The van der Waals surface area contributed by atoms with Crippen LogP contribution in [0.1, 0.15) is 33.6 Å². The summed E-state index contributed by atoms with van der Waals surface area (Å²) >= 11 is 5.25. The summed E-state index contributed by atoms with van der Waals surface area (Å²) in [5, 5.41) is 3.97. The SMILES string of the molecule is CC(C)(CBr)CNC(=O)C1(C)CCCS1.